The Morgan fingerprint density at radius 2 is 2.12 bits per heavy atom. The average Bonchev–Trinajstić information content (AvgIpc) is 3.33. The molecular formula is C16H13N3O3S2. The van der Waals surface area contributed by atoms with Gasteiger partial charge in [-0.2, -0.15) is 0 Å². The predicted molar refractivity (Wildman–Crippen MR) is 93.9 cm³/mol. The van der Waals surface area contributed by atoms with E-state index in [0.29, 0.717) is 17.4 Å². The third-order valence-electron chi connectivity index (χ3n) is 3.40. The molecule has 0 unspecified atom stereocenters. The van der Waals surface area contributed by atoms with Crippen LogP contribution in [0.3, 0.4) is 0 Å². The molecule has 2 amide bonds. The Labute approximate surface area is 146 Å². The molecule has 1 aliphatic heterocycles. The SMILES string of the molecule is O=C(NCc1cccs1)Nc1nc(-c2ccc3c(c2)OCO3)cs1. The maximum Gasteiger partial charge on any atom is 0.321 e. The smallest absolute Gasteiger partial charge is 0.321 e. The minimum atomic E-state index is -0.269. The van der Waals surface area contributed by atoms with Gasteiger partial charge in [0.15, 0.2) is 16.6 Å². The molecule has 4 rings (SSSR count). The number of carbonyl (C=O) groups excluding carboxylic acids is 1. The number of fused-ring (bicyclic) bond motifs is 1. The summed E-state index contributed by atoms with van der Waals surface area (Å²) in [6.07, 6.45) is 0. The van der Waals surface area contributed by atoms with Gasteiger partial charge in [-0.3, -0.25) is 5.32 Å². The molecule has 0 saturated heterocycles. The second-order valence-corrected chi connectivity index (χ2v) is 6.88. The number of amides is 2. The summed E-state index contributed by atoms with van der Waals surface area (Å²) >= 11 is 2.98. The third kappa shape index (κ3) is 3.19. The van der Waals surface area contributed by atoms with Gasteiger partial charge in [0.2, 0.25) is 6.79 Å². The highest BCUT2D eigenvalue weighted by molar-refractivity contribution is 7.14. The van der Waals surface area contributed by atoms with Crippen LogP contribution in [0.5, 0.6) is 11.5 Å². The molecule has 0 aliphatic carbocycles. The molecule has 1 aliphatic rings. The molecule has 122 valence electrons. The topological polar surface area (TPSA) is 72.5 Å². The van der Waals surface area contributed by atoms with Crippen LogP contribution in [0.2, 0.25) is 0 Å². The van der Waals surface area contributed by atoms with Gasteiger partial charge in [-0.15, -0.1) is 22.7 Å². The Kier molecular flexibility index (Phi) is 4.06. The largest absolute Gasteiger partial charge is 0.454 e. The molecule has 0 fully saturated rings. The van der Waals surface area contributed by atoms with Crippen molar-refractivity contribution in [1.82, 2.24) is 10.3 Å². The molecule has 0 saturated carbocycles. The van der Waals surface area contributed by atoms with E-state index >= 15 is 0 Å². The minimum Gasteiger partial charge on any atom is -0.454 e. The van der Waals surface area contributed by atoms with Crippen molar-refractivity contribution in [3.05, 3.63) is 46.0 Å². The number of hydrogen-bond donors (Lipinski definition) is 2. The van der Waals surface area contributed by atoms with Crippen LogP contribution < -0.4 is 20.1 Å². The van der Waals surface area contributed by atoms with Crippen LogP contribution in [0.15, 0.2) is 41.1 Å². The highest BCUT2D eigenvalue weighted by atomic mass is 32.1. The number of hydrogen-bond acceptors (Lipinski definition) is 6. The number of nitrogens with one attached hydrogen (secondary N) is 2. The molecule has 2 N–H and O–H groups in total. The summed E-state index contributed by atoms with van der Waals surface area (Å²) in [7, 11) is 0. The lowest BCUT2D eigenvalue weighted by atomic mass is 10.1. The van der Waals surface area contributed by atoms with Crippen LogP contribution in [0, 0.1) is 0 Å². The van der Waals surface area contributed by atoms with Crippen LogP contribution in [0.4, 0.5) is 9.93 Å². The summed E-state index contributed by atoms with van der Waals surface area (Å²) in [6, 6.07) is 9.33. The Morgan fingerprint density at radius 1 is 1.21 bits per heavy atom. The molecule has 0 spiro atoms. The number of rotatable bonds is 4. The summed E-state index contributed by atoms with van der Waals surface area (Å²) in [6.45, 7) is 0.747. The van der Waals surface area contributed by atoms with E-state index in [4.69, 9.17) is 9.47 Å². The van der Waals surface area contributed by atoms with Crippen molar-refractivity contribution in [2.45, 2.75) is 6.54 Å². The standard InChI is InChI=1S/C16H13N3O3S2/c20-15(17-7-11-2-1-5-23-11)19-16-18-12(8-24-16)10-3-4-13-14(6-10)22-9-21-13/h1-6,8H,7,9H2,(H2,17,18,19,20). The first-order chi connectivity index (χ1) is 11.8. The molecule has 8 heteroatoms. The summed E-state index contributed by atoms with van der Waals surface area (Å²) in [5.74, 6) is 1.45. The van der Waals surface area contributed by atoms with E-state index < -0.39 is 0 Å². The minimum absolute atomic E-state index is 0.243. The van der Waals surface area contributed by atoms with E-state index in [1.54, 1.807) is 11.3 Å². The highest BCUT2D eigenvalue weighted by Gasteiger charge is 2.15. The monoisotopic (exact) mass is 359 g/mol. The predicted octanol–water partition coefficient (Wildman–Crippen LogP) is 3.92. The van der Waals surface area contributed by atoms with Gasteiger partial charge in [0.25, 0.3) is 0 Å². The molecule has 0 atom stereocenters. The number of thiophene rings is 1. The van der Waals surface area contributed by atoms with Gasteiger partial charge in [-0.1, -0.05) is 6.07 Å². The van der Waals surface area contributed by atoms with Gasteiger partial charge in [-0.25, -0.2) is 9.78 Å². The van der Waals surface area contributed by atoms with Gasteiger partial charge in [0.05, 0.1) is 12.2 Å². The van der Waals surface area contributed by atoms with Crippen molar-refractivity contribution in [2.24, 2.45) is 0 Å². The fourth-order valence-electron chi connectivity index (χ4n) is 2.24. The van der Waals surface area contributed by atoms with E-state index in [2.05, 4.69) is 15.6 Å². The Bertz CT molecular complexity index is 861. The van der Waals surface area contributed by atoms with E-state index in [9.17, 15) is 4.79 Å². The first kappa shape index (κ1) is 15.0. The number of nitrogens with zero attached hydrogens (tertiary/aromatic N) is 1. The highest BCUT2D eigenvalue weighted by Crippen LogP contribution is 2.36. The van der Waals surface area contributed by atoms with Crippen molar-refractivity contribution in [2.75, 3.05) is 12.1 Å². The van der Waals surface area contributed by atoms with E-state index in [-0.39, 0.29) is 12.8 Å². The fourth-order valence-corrected chi connectivity index (χ4v) is 3.60. The van der Waals surface area contributed by atoms with E-state index in [1.807, 2.05) is 41.1 Å². The molecule has 3 heterocycles. The van der Waals surface area contributed by atoms with Gasteiger partial charge < -0.3 is 14.8 Å². The van der Waals surface area contributed by atoms with Crippen molar-refractivity contribution in [1.29, 1.82) is 0 Å². The summed E-state index contributed by atoms with van der Waals surface area (Å²) in [5, 5.41) is 9.98. The number of aromatic nitrogens is 1. The van der Waals surface area contributed by atoms with E-state index in [0.717, 1.165) is 21.9 Å². The Hall–Kier alpha value is -2.58. The average molecular weight is 359 g/mol. The number of benzene rings is 1. The number of anilines is 1. The lowest BCUT2D eigenvalue weighted by molar-refractivity contribution is 0.174. The second kappa shape index (κ2) is 6.50. The first-order valence-electron chi connectivity index (χ1n) is 7.21. The lowest BCUT2D eigenvalue weighted by Gasteiger charge is -2.03. The van der Waals surface area contributed by atoms with Gasteiger partial charge in [0.1, 0.15) is 0 Å². The molecule has 0 bridgehead atoms. The van der Waals surface area contributed by atoms with Crippen LogP contribution in [0.1, 0.15) is 4.88 Å². The molecule has 3 aromatic rings. The van der Waals surface area contributed by atoms with Gasteiger partial charge in [0, 0.05) is 15.8 Å². The van der Waals surface area contributed by atoms with Crippen LogP contribution in [-0.4, -0.2) is 17.8 Å². The zero-order chi connectivity index (χ0) is 16.4. The molecule has 24 heavy (non-hydrogen) atoms. The molecular weight excluding hydrogens is 346 g/mol. The number of carbonyl (C=O) groups is 1. The maximum absolute atomic E-state index is 11.9. The third-order valence-corrected chi connectivity index (χ3v) is 5.03. The lowest BCUT2D eigenvalue weighted by Crippen LogP contribution is -2.27. The van der Waals surface area contributed by atoms with Crippen molar-refractivity contribution in [3.63, 3.8) is 0 Å². The fraction of sp³-hybridized carbons (Fsp3) is 0.125. The Morgan fingerprint density at radius 3 is 3.00 bits per heavy atom. The maximum atomic E-state index is 11.9. The normalized spacial score (nSPS) is 12.2. The Balaban J connectivity index is 1.40. The molecule has 6 nitrogen and oxygen atoms in total. The first-order valence-corrected chi connectivity index (χ1v) is 8.97. The zero-order valence-electron chi connectivity index (χ0n) is 12.4. The number of urea groups is 1. The van der Waals surface area contributed by atoms with Crippen LogP contribution in [-0.2, 0) is 6.54 Å². The van der Waals surface area contributed by atoms with Crippen molar-refractivity contribution in [3.8, 4) is 22.8 Å². The van der Waals surface area contributed by atoms with Crippen molar-refractivity contribution >= 4 is 33.8 Å². The van der Waals surface area contributed by atoms with Gasteiger partial charge in [-0.05, 0) is 29.6 Å². The molecule has 0 radical (unpaired) electrons. The number of thiazole rings is 1. The van der Waals surface area contributed by atoms with Crippen LogP contribution >= 0.6 is 22.7 Å². The summed E-state index contributed by atoms with van der Waals surface area (Å²) < 4.78 is 10.7. The summed E-state index contributed by atoms with van der Waals surface area (Å²) in [5.41, 5.74) is 1.70. The zero-order valence-corrected chi connectivity index (χ0v) is 14.1. The van der Waals surface area contributed by atoms with Crippen molar-refractivity contribution < 1.29 is 14.3 Å². The van der Waals surface area contributed by atoms with Gasteiger partial charge >= 0.3 is 6.03 Å². The number of ether oxygens (including phenoxy) is 2. The second-order valence-electron chi connectivity index (χ2n) is 4.99. The van der Waals surface area contributed by atoms with E-state index in [1.165, 1.54) is 11.3 Å². The molecule has 1 aromatic carbocycles. The quantitative estimate of drug-likeness (QED) is 0.740. The van der Waals surface area contributed by atoms with Crippen LogP contribution in [0.25, 0.3) is 11.3 Å². The molecule has 2 aromatic heterocycles. The summed E-state index contributed by atoms with van der Waals surface area (Å²) in [4.78, 5) is 17.5.